The van der Waals surface area contributed by atoms with Crippen LogP contribution >= 0.6 is 0 Å². The van der Waals surface area contributed by atoms with Crippen molar-refractivity contribution in [3.05, 3.63) is 29.3 Å². The van der Waals surface area contributed by atoms with Gasteiger partial charge in [0.15, 0.2) is 0 Å². The SMILES string of the molecule is CCc1nc(N)c(C)c(N(C)Cc2cnn(C)c2)n1. The highest BCUT2D eigenvalue weighted by atomic mass is 15.2. The number of nitrogens with two attached hydrogens (primary N) is 1. The lowest BCUT2D eigenvalue weighted by Gasteiger charge is -2.20. The summed E-state index contributed by atoms with van der Waals surface area (Å²) in [5, 5.41) is 4.17. The Hall–Kier alpha value is -2.11. The van der Waals surface area contributed by atoms with E-state index in [1.807, 2.05) is 40.3 Å². The van der Waals surface area contributed by atoms with Crippen molar-refractivity contribution in [3.8, 4) is 0 Å². The van der Waals surface area contributed by atoms with E-state index in [4.69, 9.17) is 5.73 Å². The van der Waals surface area contributed by atoms with Crippen LogP contribution in [0.5, 0.6) is 0 Å². The average Bonchev–Trinajstić information content (AvgIpc) is 2.77. The maximum absolute atomic E-state index is 5.94. The molecule has 2 N–H and O–H groups in total. The molecule has 2 aromatic heterocycles. The fraction of sp³-hybridized carbons (Fsp3) is 0.462. The molecule has 0 atom stereocenters. The van der Waals surface area contributed by atoms with Crippen LogP contribution in [0.15, 0.2) is 12.4 Å². The number of rotatable bonds is 4. The fourth-order valence-electron chi connectivity index (χ4n) is 2.00. The van der Waals surface area contributed by atoms with Gasteiger partial charge in [0.1, 0.15) is 17.5 Å². The summed E-state index contributed by atoms with van der Waals surface area (Å²) in [6, 6.07) is 0. The summed E-state index contributed by atoms with van der Waals surface area (Å²) >= 11 is 0. The predicted octanol–water partition coefficient (Wildman–Crippen LogP) is 1.30. The lowest BCUT2D eigenvalue weighted by molar-refractivity contribution is 0.766. The van der Waals surface area contributed by atoms with Crippen LogP contribution in [0.3, 0.4) is 0 Å². The Balaban J connectivity index is 2.27. The first-order chi connectivity index (χ1) is 9.01. The molecule has 0 unspecified atom stereocenters. The second kappa shape index (κ2) is 5.26. The Morgan fingerprint density at radius 3 is 2.68 bits per heavy atom. The van der Waals surface area contributed by atoms with Gasteiger partial charge < -0.3 is 10.6 Å². The Morgan fingerprint density at radius 1 is 1.37 bits per heavy atom. The van der Waals surface area contributed by atoms with Crippen LogP contribution in [0.25, 0.3) is 0 Å². The molecule has 6 heteroatoms. The number of hydrogen-bond donors (Lipinski definition) is 1. The minimum absolute atomic E-state index is 0.555. The van der Waals surface area contributed by atoms with E-state index in [0.717, 1.165) is 35.7 Å². The van der Waals surface area contributed by atoms with Gasteiger partial charge in [0, 0.05) is 44.4 Å². The summed E-state index contributed by atoms with van der Waals surface area (Å²) in [5.74, 6) is 2.21. The molecule has 0 spiro atoms. The van der Waals surface area contributed by atoms with Crippen molar-refractivity contribution in [3.63, 3.8) is 0 Å². The minimum atomic E-state index is 0.555. The van der Waals surface area contributed by atoms with E-state index in [0.29, 0.717) is 5.82 Å². The van der Waals surface area contributed by atoms with Gasteiger partial charge in [-0.25, -0.2) is 9.97 Å². The number of nitrogen functional groups attached to an aromatic ring is 1. The summed E-state index contributed by atoms with van der Waals surface area (Å²) < 4.78 is 1.79. The molecule has 2 rings (SSSR count). The molecule has 0 aliphatic carbocycles. The van der Waals surface area contributed by atoms with E-state index >= 15 is 0 Å². The summed E-state index contributed by atoms with van der Waals surface area (Å²) in [6.45, 7) is 4.72. The quantitative estimate of drug-likeness (QED) is 0.897. The van der Waals surface area contributed by atoms with E-state index in [9.17, 15) is 0 Å². The number of hydrogen-bond acceptors (Lipinski definition) is 5. The normalized spacial score (nSPS) is 10.7. The summed E-state index contributed by atoms with van der Waals surface area (Å²) in [4.78, 5) is 10.9. The number of aromatic nitrogens is 4. The summed E-state index contributed by atoms with van der Waals surface area (Å²) in [6.07, 6.45) is 4.63. The maximum atomic E-state index is 5.94. The summed E-state index contributed by atoms with van der Waals surface area (Å²) in [5.41, 5.74) is 8.00. The number of nitrogens with zero attached hydrogens (tertiary/aromatic N) is 5. The highest BCUT2D eigenvalue weighted by molar-refractivity contribution is 5.56. The van der Waals surface area contributed by atoms with Gasteiger partial charge >= 0.3 is 0 Å². The van der Waals surface area contributed by atoms with E-state index in [2.05, 4.69) is 20.0 Å². The van der Waals surface area contributed by atoms with Crippen molar-refractivity contribution in [1.29, 1.82) is 0 Å². The fourth-order valence-corrected chi connectivity index (χ4v) is 2.00. The molecule has 0 bridgehead atoms. The van der Waals surface area contributed by atoms with Crippen molar-refractivity contribution in [2.24, 2.45) is 7.05 Å². The van der Waals surface area contributed by atoms with Crippen LogP contribution in [-0.4, -0.2) is 26.8 Å². The van der Waals surface area contributed by atoms with E-state index in [1.165, 1.54) is 0 Å². The van der Waals surface area contributed by atoms with Crippen LogP contribution in [0.1, 0.15) is 23.9 Å². The Morgan fingerprint density at radius 2 is 2.11 bits per heavy atom. The average molecular weight is 260 g/mol. The summed E-state index contributed by atoms with van der Waals surface area (Å²) in [7, 11) is 3.91. The van der Waals surface area contributed by atoms with Gasteiger partial charge in [0.05, 0.1) is 6.20 Å². The molecule has 2 aromatic rings. The lowest BCUT2D eigenvalue weighted by Crippen LogP contribution is -2.20. The first-order valence-corrected chi connectivity index (χ1v) is 6.33. The second-order valence-corrected chi connectivity index (χ2v) is 4.71. The van der Waals surface area contributed by atoms with Crippen LogP contribution in [0.2, 0.25) is 0 Å². The molecule has 0 saturated carbocycles. The van der Waals surface area contributed by atoms with Gasteiger partial charge in [-0.15, -0.1) is 0 Å². The molecule has 2 heterocycles. The largest absolute Gasteiger partial charge is 0.383 e. The first-order valence-electron chi connectivity index (χ1n) is 6.33. The Bertz CT molecular complexity index is 575. The van der Waals surface area contributed by atoms with Gasteiger partial charge in [0.25, 0.3) is 0 Å². The molecule has 0 amide bonds. The molecular weight excluding hydrogens is 240 g/mol. The third-order valence-electron chi connectivity index (χ3n) is 3.06. The molecule has 0 aliphatic rings. The number of aryl methyl sites for hydroxylation is 2. The topological polar surface area (TPSA) is 72.9 Å². The van der Waals surface area contributed by atoms with Gasteiger partial charge in [0.2, 0.25) is 0 Å². The monoisotopic (exact) mass is 260 g/mol. The first kappa shape index (κ1) is 13.3. The molecule has 0 radical (unpaired) electrons. The number of anilines is 2. The van der Waals surface area contributed by atoms with E-state index in [-0.39, 0.29) is 0 Å². The zero-order valence-corrected chi connectivity index (χ0v) is 11.9. The van der Waals surface area contributed by atoms with Crippen LogP contribution < -0.4 is 10.6 Å². The zero-order chi connectivity index (χ0) is 14.0. The minimum Gasteiger partial charge on any atom is -0.383 e. The zero-order valence-electron chi connectivity index (χ0n) is 11.9. The second-order valence-electron chi connectivity index (χ2n) is 4.71. The van der Waals surface area contributed by atoms with Crippen molar-refractivity contribution < 1.29 is 0 Å². The maximum Gasteiger partial charge on any atom is 0.137 e. The van der Waals surface area contributed by atoms with Gasteiger partial charge in [-0.3, -0.25) is 4.68 Å². The van der Waals surface area contributed by atoms with Gasteiger partial charge in [-0.2, -0.15) is 5.10 Å². The van der Waals surface area contributed by atoms with Crippen molar-refractivity contribution in [2.45, 2.75) is 26.8 Å². The highest BCUT2D eigenvalue weighted by Gasteiger charge is 2.12. The smallest absolute Gasteiger partial charge is 0.137 e. The predicted molar refractivity (Wildman–Crippen MR) is 75.9 cm³/mol. The molecule has 102 valence electrons. The van der Waals surface area contributed by atoms with E-state index < -0.39 is 0 Å². The van der Waals surface area contributed by atoms with Gasteiger partial charge in [-0.05, 0) is 6.92 Å². The van der Waals surface area contributed by atoms with E-state index in [1.54, 1.807) is 4.68 Å². The lowest BCUT2D eigenvalue weighted by atomic mass is 10.2. The van der Waals surface area contributed by atoms with Crippen molar-refractivity contribution in [2.75, 3.05) is 17.7 Å². The van der Waals surface area contributed by atoms with Crippen molar-refractivity contribution in [1.82, 2.24) is 19.7 Å². The third-order valence-corrected chi connectivity index (χ3v) is 3.06. The molecule has 0 saturated heterocycles. The van der Waals surface area contributed by atoms with Crippen LogP contribution in [0, 0.1) is 6.92 Å². The Kier molecular flexibility index (Phi) is 3.69. The molecule has 6 nitrogen and oxygen atoms in total. The molecule has 0 aliphatic heterocycles. The Labute approximate surface area is 113 Å². The molecule has 0 aromatic carbocycles. The molecule has 0 fully saturated rings. The van der Waals surface area contributed by atoms with Gasteiger partial charge in [-0.1, -0.05) is 6.92 Å². The van der Waals surface area contributed by atoms with Crippen LogP contribution in [0.4, 0.5) is 11.6 Å². The van der Waals surface area contributed by atoms with Crippen molar-refractivity contribution >= 4 is 11.6 Å². The molecular formula is C13H20N6. The highest BCUT2D eigenvalue weighted by Crippen LogP contribution is 2.22. The standard InChI is InChI=1S/C13H20N6/c1-5-11-16-12(14)9(2)13(17-11)18(3)7-10-6-15-19(4)8-10/h6,8H,5,7H2,1-4H3,(H2,14,16,17). The molecule has 19 heavy (non-hydrogen) atoms. The third kappa shape index (κ3) is 2.83. The van der Waals surface area contributed by atoms with Crippen LogP contribution in [-0.2, 0) is 20.0 Å².